The number of hydrogen-bond acceptors (Lipinski definition) is 2. The molecule has 0 amide bonds. The van der Waals surface area contributed by atoms with E-state index in [1.807, 2.05) is 12.1 Å². The van der Waals surface area contributed by atoms with E-state index in [1.165, 1.54) is 12.1 Å². The summed E-state index contributed by atoms with van der Waals surface area (Å²) in [4.78, 5) is 0. The summed E-state index contributed by atoms with van der Waals surface area (Å²) >= 11 is 9.07. The molecule has 0 bridgehead atoms. The van der Waals surface area contributed by atoms with E-state index in [9.17, 15) is 4.39 Å². The highest BCUT2D eigenvalue weighted by molar-refractivity contribution is 9.10. The highest BCUT2D eigenvalue weighted by atomic mass is 79.9. The fourth-order valence-electron chi connectivity index (χ4n) is 1.26. The molecule has 1 aromatic heterocycles. The van der Waals surface area contributed by atoms with Gasteiger partial charge in [-0.15, -0.1) is 0 Å². The van der Waals surface area contributed by atoms with Crippen LogP contribution in [-0.2, 0) is 6.54 Å². The van der Waals surface area contributed by atoms with Crippen LogP contribution in [0.2, 0.25) is 5.02 Å². The molecule has 16 heavy (non-hydrogen) atoms. The molecule has 2 aromatic rings. The van der Waals surface area contributed by atoms with E-state index in [-0.39, 0.29) is 5.82 Å². The van der Waals surface area contributed by atoms with Crippen LogP contribution in [-0.4, -0.2) is 0 Å². The molecule has 0 radical (unpaired) electrons. The van der Waals surface area contributed by atoms with Gasteiger partial charge < -0.3 is 9.73 Å². The lowest BCUT2D eigenvalue weighted by molar-refractivity contribution is 0.495. The lowest BCUT2D eigenvalue weighted by Gasteiger charge is -2.06. The maximum Gasteiger partial charge on any atom is 0.169 e. The zero-order chi connectivity index (χ0) is 11.5. The molecule has 0 aliphatic carbocycles. The molecule has 1 heterocycles. The molecule has 5 heteroatoms. The number of rotatable bonds is 3. The topological polar surface area (TPSA) is 25.2 Å². The minimum atomic E-state index is -0.351. The summed E-state index contributed by atoms with van der Waals surface area (Å²) < 4.78 is 18.8. The van der Waals surface area contributed by atoms with Gasteiger partial charge in [0.25, 0.3) is 0 Å². The summed E-state index contributed by atoms with van der Waals surface area (Å²) in [7, 11) is 0. The van der Waals surface area contributed by atoms with Crippen molar-refractivity contribution in [1.82, 2.24) is 0 Å². The number of furan rings is 1. The second-order valence-electron chi connectivity index (χ2n) is 3.18. The molecule has 2 rings (SSSR count). The molecule has 0 atom stereocenters. The van der Waals surface area contributed by atoms with Gasteiger partial charge in [-0.2, -0.15) is 0 Å². The smallest absolute Gasteiger partial charge is 0.169 e. The van der Waals surface area contributed by atoms with E-state index in [1.54, 1.807) is 6.07 Å². The fraction of sp³-hybridized carbons (Fsp3) is 0.0909. The average molecular weight is 305 g/mol. The molecule has 0 unspecified atom stereocenters. The van der Waals surface area contributed by atoms with Crippen molar-refractivity contribution in [3.8, 4) is 0 Å². The number of nitrogens with one attached hydrogen (secondary N) is 1. The first kappa shape index (κ1) is 11.5. The quantitative estimate of drug-likeness (QED) is 0.906. The normalized spacial score (nSPS) is 10.4. The zero-order valence-electron chi connectivity index (χ0n) is 8.14. The molecule has 2 nitrogen and oxygen atoms in total. The van der Waals surface area contributed by atoms with Crippen LogP contribution in [0.5, 0.6) is 0 Å². The van der Waals surface area contributed by atoms with Crippen molar-refractivity contribution in [1.29, 1.82) is 0 Å². The molecule has 0 saturated carbocycles. The first-order valence-corrected chi connectivity index (χ1v) is 5.75. The molecule has 0 aliphatic rings. The van der Waals surface area contributed by atoms with Crippen LogP contribution in [0.1, 0.15) is 5.76 Å². The van der Waals surface area contributed by atoms with E-state index in [2.05, 4.69) is 21.2 Å². The van der Waals surface area contributed by atoms with Gasteiger partial charge >= 0.3 is 0 Å². The molecule has 0 saturated heterocycles. The second-order valence-corrected chi connectivity index (χ2v) is 4.37. The highest BCUT2D eigenvalue weighted by Crippen LogP contribution is 2.23. The van der Waals surface area contributed by atoms with Crippen LogP contribution in [0, 0.1) is 5.82 Å². The van der Waals surface area contributed by atoms with E-state index in [0.717, 1.165) is 5.76 Å². The molecular weight excluding hydrogens is 296 g/mol. The lowest BCUT2D eigenvalue weighted by Crippen LogP contribution is -1.98. The Bertz CT molecular complexity index is 500. The Labute approximate surface area is 106 Å². The van der Waals surface area contributed by atoms with E-state index in [4.69, 9.17) is 16.0 Å². The molecule has 0 fully saturated rings. The summed E-state index contributed by atoms with van der Waals surface area (Å²) in [5, 5.41) is 3.41. The largest absolute Gasteiger partial charge is 0.452 e. The summed E-state index contributed by atoms with van der Waals surface area (Å²) in [6.45, 7) is 0.497. The first-order valence-electron chi connectivity index (χ1n) is 4.58. The molecule has 84 valence electrons. The summed E-state index contributed by atoms with van der Waals surface area (Å²) in [6.07, 6.45) is 0. The highest BCUT2D eigenvalue weighted by Gasteiger charge is 2.03. The molecule has 1 aromatic carbocycles. The second kappa shape index (κ2) is 4.89. The Morgan fingerprint density at radius 2 is 2.12 bits per heavy atom. The Kier molecular flexibility index (Phi) is 3.51. The Balaban J connectivity index is 2.04. The zero-order valence-corrected chi connectivity index (χ0v) is 10.5. The number of halogens is 3. The van der Waals surface area contributed by atoms with Gasteiger partial charge in [0.2, 0.25) is 0 Å². The van der Waals surface area contributed by atoms with Crippen molar-refractivity contribution < 1.29 is 8.81 Å². The Morgan fingerprint density at radius 1 is 1.31 bits per heavy atom. The SMILES string of the molecule is Fc1ccc(NCc2ccc(Br)o2)c(Cl)c1. The van der Waals surface area contributed by atoms with Gasteiger partial charge in [0, 0.05) is 0 Å². The van der Waals surface area contributed by atoms with Crippen LogP contribution in [0.15, 0.2) is 39.4 Å². The third-order valence-electron chi connectivity index (χ3n) is 2.01. The van der Waals surface area contributed by atoms with Gasteiger partial charge in [0.1, 0.15) is 11.6 Å². The first-order chi connectivity index (χ1) is 7.65. The Hall–Kier alpha value is -1.00. The van der Waals surface area contributed by atoms with Crippen molar-refractivity contribution >= 4 is 33.2 Å². The molecular formula is C11H8BrClFNO. The minimum absolute atomic E-state index is 0.351. The number of hydrogen-bond donors (Lipinski definition) is 1. The van der Waals surface area contributed by atoms with E-state index in [0.29, 0.717) is 21.9 Å². The maximum atomic E-state index is 12.8. The van der Waals surface area contributed by atoms with Crippen molar-refractivity contribution in [3.05, 3.63) is 51.6 Å². The van der Waals surface area contributed by atoms with Crippen LogP contribution in [0.25, 0.3) is 0 Å². The van der Waals surface area contributed by atoms with Crippen molar-refractivity contribution in [3.63, 3.8) is 0 Å². The van der Waals surface area contributed by atoms with Gasteiger partial charge in [0.05, 0.1) is 17.3 Å². The van der Waals surface area contributed by atoms with E-state index >= 15 is 0 Å². The summed E-state index contributed by atoms with van der Waals surface area (Å²) in [6, 6.07) is 7.86. The molecule has 0 spiro atoms. The maximum absolute atomic E-state index is 12.8. The molecule has 0 aliphatic heterocycles. The molecule has 1 N–H and O–H groups in total. The van der Waals surface area contributed by atoms with Gasteiger partial charge in [-0.3, -0.25) is 0 Å². The monoisotopic (exact) mass is 303 g/mol. The van der Waals surface area contributed by atoms with Gasteiger partial charge in [-0.05, 0) is 46.3 Å². The van der Waals surface area contributed by atoms with Crippen LogP contribution in [0.4, 0.5) is 10.1 Å². The van der Waals surface area contributed by atoms with Gasteiger partial charge in [0.15, 0.2) is 4.67 Å². The lowest BCUT2D eigenvalue weighted by atomic mass is 10.3. The third kappa shape index (κ3) is 2.77. The third-order valence-corrected chi connectivity index (χ3v) is 2.75. The van der Waals surface area contributed by atoms with E-state index < -0.39 is 0 Å². The summed E-state index contributed by atoms with van der Waals surface area (Å²) in [5.74, 6) is 0.420. The van der Waals surface area contributed by atoms with Crippen molar-refractivity contribution in [2.24, 2.45) is 0 Å². The standard InChI is InChI=1S/C11H8BrClFNO/c12-11-4-2-8(16-11)6-15-10-3-1-7(14)5-9(10)13/h1-5,15H,6H2. The number of benzene rings is 1. The number of anilines is 1. The minimum Gasteiger partial charge on any atom is -0.452 e. The van der Waals surface area contributed by atoms with Crippen LogP contribution in [0.3, 0.4) is 0 Å². The average Bonchev–Trinajstić information content (AvgIpc) is 2.63. The van der Waals surface area contributed by atoms with Gasteiger partial charge in [-0.1, -0.05) is 11.6 Å². The van der Waals surface area contributed by atoms with Crippen molar-refractivity contribution in [2.75, 3.05) is 5.32 Å². The summed E-state index contributed by atoms with van der Waals surface area (Å²) in [5.41, 5.74) is 0.676. The predicted octanol–water partition coefficient (Wildman–Crippen LogP) is 4.45. The predicted molar refractivity (Wildman–Crippen MR) is 65.1 cm³/mol. The Morgan fingerprint density at radius 3 is 2.75 bits per heavy atom. The van der Waals surface area contributed by atoms with Crippen molar-refractivity contribution in [2.45, 2.75) is 6.54 Å². The fourth-order valence-corrected chi connectivity index (χ4v) is 1.84. The van der Waals surface area contributed by atoms with Crippen LogP contribution >= 0.6 is 27.5 Å². The van der Waals surface area contributed by atoms with Gasteiger partial charge in [-0.25, -0.2) is 4.39 Å². The van der Waals surface area contributed by atoms with Crippen LogP contribution < -0.4 is 5.32 Å².